The van der Waals surface area contributed by atoms with Crippen molar-refractivity contribution in [1.29, 1.82) is 0 Å². The van der Waals surface area contributed by atoms with Crippen molar-refractivity contribution in [3.63, 3.8) is 0 Å². The Kier molecular flexibility index (Phi) is 5.61. The third-order valence-electron chi connectivity index (χ3n) is 3.98. The second-order valence-corrected chi connectivity index (χ2v) is 7.67. The van der Waals surface area contributed by atoms with Crippen LogP contribution < -0.4 is 5.32 Å². The van der Waals surface area contributed by atoms with Crippen molar-refractivity contribution in [2.45, 2.75) is 50.3 Å². The molecule has 0 spiro atoms. The van der Waals surface area contributed by atoms with Crippen LogP contribution in [0.25, 0.3) is 0 Å². The summed E-state index contributed by atoms with van der Waals surface area (Å²) in [7, 11) is 0. The summed E-state index contributed by atoms with van der Waals surface area (Å²) in [5.41, 5.74) is 1.38. The van der Waals surface area contributed by atoms with Gasteiger partial charge in [0, 0.05) is 15.8 Å². The lowest BCUT2D eigenvalue weighted by Gasteiger charge is -2.34. The fourth-order valence-corrected chi connectivity index (χ4v) is 4.29. The van der Waals surface area contributed by atoms with Gasteiger partial charge >= 0.3 is 0 Å². The topological polar surface area (TPSA) is 12.0 Å². The van der Waals surface area contributed by atoms with E-state index in [-0.39, 0.29) is 0 Å². The minimum atomic E-state index is 0.384. The van der Waals surface area contributed by atoms with Gasteiger partial charge in [0.05, 0.1) is 0 Å². The van der Waals surface area contributed by atoms with Crippen molar-refractivity contribution in [2.75, 3.05) is 12.3 Å². The second-order valence-electron chi connectivity index (χ2n) is 5.60. The monoisotopic (exact) mass is 297 g/mol. The summed E-state index contributed by atoms with van der Waals surface area (Å²) in [5, 5.41) is 4.58. The van der Waals surface area contributed by atoms with E-state index < -0.39 is 0 Å². The van der Waals surface area contributed by atoms with Crippen LogP contribution in [-0.2, 0) is 6.42 Å². The lowest BCUT2D eigenvalue weighted by molar-refractivity contribution is 0.399. The van der Waals surface area contributed by atoms with E-state index in [2.05, 4.69) is 43.1 Å². The number of nitrogens with one attached hydrogen (secondary N) is 1. The molecule has 0 radical (unpaired) electrons. The first-order valence-corrected chi connectivity index (χ1v) is 8.62. The highest BCUT2D eigenvalue weighted by Gasteiger charge is 2.37. The molecule has 1 aromatic rings. The van der Waals surface area contributed by atoms with Crippen LogP contribution in [0.1, 0.15) is 38.7 Å². The number of thioether (sulfide) groups is 1. The standard InChI is InChI=1S/C16H24ClNS/c1-3-10-18-15(16(2)9-4-11-19-16)12-13-5-7-14(17)8-6-13/h5-8,15,18H,3-4,9-12H2,1-2H3. The van der Waals surface area contributed by atoms with E-state index in [1.54, 1.807) is 0 Å². The Labute approximate surface area is 126 Å². The predicted molar refractivity (Wildman–Crippen MR) is 87.3 cm³/mol. The highest BCUT2D eigenvalue weighted by Crippen LogP contribution is 2.41. The van der Waals surface area contributed by atoms with Gasteiger partial charge in [-0.05, 0) is 62.6 Å². The third kappa shape index (κ3) is 4.14. The summed E-state index contributed by atoms with van der Waals surface area (Å²) >= 11 is 8.10. The molecule has 0 aromatic heterocycles. The zero-order chi connectivity index (χ0) is 13.7. The van der Waals surface area contributed by atoms with Crippen molar-refractivity contribution in [3.05, 3.63) is 34.9 Å². The van der Waals surface area contributed by atoms with Crippen molar-refractivity contribution in [1.82, 2.24) is 5.32 Å². The van der Waals surface area contributed by atoms with Crippen molar-refractivity contribution >= 4 is 23.4 Å². The molecule has 2 atom stereocenters. The summed E-state index contributed by atoms with van der Waals surface area (Å²) in [6.45, 7) is 5.76. The molecule has 19 heavy (non-hydrogen) atoms. The summed E-state index contributed by atoms with van der Waals surface area (Å²) in [6.07, 6.45) is 4.97. The molecule has 3 heteroatoms. The molecule has 0 saturated carbocycles. The van der Waals surface area contributed by atoms with Crippen LogP contribution in [0.5, 0.6) is 0 Å². The number of benzene rings is 1. The van der Waals surface area contributed by atoms with Gasteiger partial charge in [-0.25, -0.2) is 0 Å². The zero-order valence-corrected chi connectivity index (χ0v) is 13.5. The van der Waals surface area contributed by atoms with Crippen molar-refractivity contribution in [3.8, 4) is 0 Å². The quantitative estimate of drug-likeness (QED) is 0.827. The number of hydrogen-bond acceptors (Lipinski definition) is 2. The molecule has 1 nitrogen and oxygen atoms in total. The molecule has 1 heterocycles. The van der Waals surface area contributed by atoms with E-state index in [4.69, 9.17) is 11.6 Å². The Bertz CT molecular complexity index is 384. The molecule has 1 fully saturated rings. The molecule has 1 aliphatic rings. The molecule has 0 aliphatic carbocycles. The third-order valence-corrected chi connectivity index (χ3v) is 5.87. The maximum atomic E-state index is 5.97. The Balaban J connectivity index is 2.06. The van der Waals surface area contributed by atoms with Crippen LogP contribution >= 0.6 is 23.4 Å². The van der Waals surface area contributed by atoms with E-state index in [1.807, 2.05) is 12.1 Å². The lowest BCUT2D eigenvalue weighted by Crippen LogP contribution is -2.47. The largest absolute Gasteiger partial charge is 0.312 e. The van der Waals surface area contributed by atoms with E-state index in [0.717, 1.165) is 18.0 Å². The van der Waals surface area contributed by atoms with Gasteiger partial charge in [0.25, 0.3) is 0 Å². The fraction of sp³-hybridized carbons (Fsp3) is 0.625. The van der Waals surface area contributed by atoms with Crippen molar-refractivity contribution < 1.29 is 0 Å². The number of rotatable bonds is 6. The molecule has 0 bridgehead atoms. The average molecular weight is 298 g/mol. The minimum Gasteiger partial charge on any atom is -0.312 e. The van der Waals surface area contributed by atoms with E-state index in [9.17, 15) is 0 Å². The first kappa shape index (κ1) is 15.2. The molecule has 1 N–H and O–H groups in total. The van der Waals surface area contributed by atoms with E-state index >= 15 is 0 Å². The zero-order valence-electron chi connectivity index (χ0n) is 11.9. The smallest absolute Gasteiger partial charge is 0.0406 e. The van der Waals surface area contributed by atoms with E-state index in [0.29, 0.717) is 10.8 Å². The van der Waals surface area contributed by atoms with Gasteiger partial charge in [0.1, 0.15) is 0 Å². The van der Waals surface area contributed by atoms with E-state index in [1.165, 1.54) is 30.6 Å². The lowest BCUT2D eigenvalue weighted by atomic mass is 9.90. The molecular weight excluding hydrogens is 274 g/mol. The Morgan fingerprint density at radius 1 is 1.37 bits per heavy atom. The molecule has 1 aromatic carbocycles. The molecule has 1 aliphatic heterocycles. The maximum Gasteiger partial charge on any atom is 0.0406 e. The van der Waals surface area contributed by atoms with Gasteiger partial charge in [-0.1, -0.05) is 30.7 Å². The second kappa shape index (κ2) is 7.01. The Hall–Kier alpha value is -0.180. The molecular formula is C16H24ClNS. The van der Waals surface area contributed by atoms with Crippen LogP contribution in [0, 0.1) is 0 Å². The molecule has 0 amide bonds. The Morgan fingerprint density at radius 3 is 2.68 bits per heavy atom. The van der Waals surface area contributed by atoms with Crippen LogP contribution in [-0.4, -0.2) is 23.1 Å². The summed E-state index contributed by atoms with van der Waals surface area (Å²) in [6, 6.07) is 8.87. The molecule has 2 unspecified atom stereocenters. The van der Waals surface area contributed by atoms with Gasteiger partial charge in [-0.2, -0.15) is 11.8 Å². The Morgan fingerprint density at radius 2 is 2.11 bits per heavy atom. The fourth-order valence-electron chi connectivity index (χ4n) is 2.75. The first-order chi connectivity index (χ1) is 9.14. The van der Waals surface area contributed by atoms with Gasteiger partial charge in [-0.3, -0.25) is 0 Å². The van der Waals surface area contributed by atoms with Crippen LogP contribution in [0.15, 0.2) is 24.3 Å². The summed E-state index contributed by atoms with van der Waals surface area (Å²) < 4.78 is 0.384. The van der Waals surface area contributed by atoms with Gasteiger partial charge in [-0.15, -0.1) is 0 Å². The summed E-state index contributed by atoms with van der Waals surface area (Å²) in [5.74, 6) is 1.31. The van der Waals surface area contributed by atoms with Gasteiger partial charge in [0.2, 0.25) is 0 Å². The van der Waals surface area contributed by atoms with Crippen molar-refractivity contribution in [2.24, 2.45) is 0 Å². The van der Waals surface area contributed by atoms with Crippen LogP contribution in [0.2, 0.25) is 5.02 Å². The maximum absolute atomic E-state index is 5.97. The first-order valence-electron chi connectivity index (χ1n) is 7.26. The van der Waals surface area contributed by atoms with Crippen LogP contribution in [0.4, 0.5) is 0 Å². The number of halogens is 1. The molecule has 106 valence electrons. The normalized spacial score (nSPS) is 24.6. The minimum absolute atomic E-state index is 0.384. The van der Waals surface area contributed by atoms with Crippen LogP contribution in [0.3, 0.4) is 0 Å². The average Bonchev–Trinajstić information content (AvgIpc) is 2.85. The number of hydrogen-bond donors (Lipinski definition) is 1. The molecule has 2 rings (SSSR count). The van der Waals surface area contributed by atoms with Gasteiger partial charge < -0.3 is 5.32 Å². The van der Waals surface area contributed by atoms with Gasteiger partial charge in [0.15, 0.2) is 0 Å². The SMILES string of the molecule is CCCNC(Cc1ccc(Cl)cc1)C1(C)CCCS1. The summed E-state index contributed by atoms with van der Waals surface area (Å²) in [4.78, 5) is 0. The highest BCUT2D eigenvalue weighted by molar-refractivity contribution is 8.00. The highest BCUT2D eigenvalue weighted by atomic mass is 35.5. The molecule has 1 saturated heterocycles. The predicted octanol–water partition coefficient (Wildman–Crippen LogP) is 4.54.